The Bertz CT molecular complexity index is 1500. The molecule has 220 valence electrons. The van der Waals surface area contributed by atoms with Crippen molar-refractivity contribution in [3.05, 3.63) is 94.5 Å². The second-order valence-electron chi connectivity index (χ2n) is 9.84. The molecular weight excluding hydrogens is 579 g/mol. The van der Waals surface area contributed by atoms with Gasteiger partial charge in [0.1, 0.15) is 12.6 Å². The summed E-state index contributed by atoms with van der Waals surface area (Å²) in [6, 6.07) is 15.2. The number of sulfonamides is 1. The van der Waals surface area contributed by atoms with E-state index in [9.17, 15) is 31.2 Å². The minimum atomic E-state index is -4.80. The predicted molar refractivity (Wildman–Crippen MR) is 152 cm³/mol. The summed E-state index contributed by atoms with van der Waals surface area (Å²) in [7, 11) is -4.58. The summed E-state index contributed by atoms with van der Waals surface area (Å²) >= 11 is 6.25. The molecule has 0 aliphatic rings. The van der Waals surface area contributed by atoms with Crippen LogP contribution in [0.2, 0.25) is 5.02 Å². The van der Waals surface area contributed by atoms with E-state index in [4.69, 9.17) is 11.6 Å². The van der Waals surface area contributed by atoms with Crippen LogP contribution in [0.4, 0.5) is 18.9 Å². The minimum absolute atomic E-state index is 0.0528. The second kappa shape index (κ2) is 12.9. The molecular formula is C29H31ClF3N3O4S. The van der Waals surface area contributed by atoms with Crippen molar-refractivity contribution < 1.29 is 31.2 Å². The van der Waals surface area contributed by atoms with Crippen LogP contribution in [0, 0.1) is 6.92 Å². The molecule has 7 nitrogen and oxygen atoms in total. The summed E-state index contributed by atoms with van der Waals surface area (Å²) in [4.78, 5) is 27.8. The average Bonchev–Trinajstić information content (AvgIpc) is 2.89. The van der Waals surface area contributed by atoms with Gasteiger partial charge in [0.2, 0.25) is 11.8 Å². The van der Waals surface area contributed by atoms with Crippen LogP contribution in [0.5, 0.6) is 0 Å². The molecule has 3 aromatic carbocycles. The highest BCUT2D eigenvalue weighted by molar-refractivity contribution is 7.92. The first-order valence-corrected chi connectivity index (χ1v) is 14.5. The van der Waals surface area contributed by atoms with Crippen molar-refractivity contribution in [1.29, 1.82) is 0 Å². The van der Waals surface area contributed by atoms with Crippen LogP contribution in [0.15, 0.2) is 77.7 Å². The Hall–Kier alpha value is -3.57. The van der Waals surface area contributed by atoms with E-state index >= 15 is 0 Å². The molecule has 0 saturated heterocycles. The Kier molecular flexibility index (Phi) is 10.1. The van der Waals surface area contributed by atoms with E-state index in [0.717, 1.165) is 17.7 Å². The third-order valence-corrected chi connectivity index (χ3v) is 8.28. The first kappa shape index (κ1) is 32.0. The molecule has 1 atom stereocenters. The quantitative estimate of drug-likeness (QED) is 0.315. The lowest BCUT2D eigenvalue weighted by atomic mass is 10.1. The van der Waals surface area contributed by atoms with Gasteiger partial charge in [-0.1, -0.05) is 59.6 Å². The number of carbonyl (C=O) groups excluding carboxylic acids is 2. The molecule has 0 radical (unpaired) electrons. The SMILES string of the molecule is Cc1cccc(CN(C(=O)CN(c2cc(C(F)(F)F)ccc2Cl)S(=O)(=O)c2ccccc2)[C@H](C)C(=O)NC(C)C)c1. The Morgan fingerprint density at radius 1 is 0.951 bits per heavy atom. The molecule has 2 amide bonds. The fourth-order valence-electron chi connectivity index (χ4n) is 4.11. The van der Waals surface area contributed by atoms with Crippen LogP contribution < -0.4 is 9.62 Å². The summed E-state index contributed by atoms with van der Waals surface area (Å²) in [5.74, 6) is -1.29. The van der Waals surface area contributed by atoms with Crippen LogP contribution in [0.3, 0.4) is 0 Å². The van der Waals surface area contributed by atoms with Crippen LogP contribution in [-0.2, 0) is 32.3 Å². The summed E-state index contributed by atoms with van der Waals surface area (Å²) in [5.41, 5.74) is -0.0808. The molecule has 0 aliphatic carbocycles. The third-order valence-electron chi connectivity index (χ3n) is 6.19. The Morgan fingerprint density at radius 3 is 2.20 bits per heavy atom. The van der Waals surface area contributed by atoms with Crippen molar-refractivity contribution in [2.45, 2.75) is 57.4 Å². The molecule has 3 rings (SSSR count). The van der Waals surface area contributed by atoms with Crippen molar-refractivity contribution in [1.82, 2.24) is 10.2 Å². The highest BCUT2D eigenvalue weighted by Gasteiger charge is 2.36. The normalized spacial score (nSPS) is 12.6. The molecule has 0 heterocycles. The van der Waals surface area contributed by atoms with Gasteiger partial charge in [-0.3, -0.25) is 13.9 Å². The molecule has 0 spiro atoms. The molecule has 41 heavy (non-hydrogen) atoms. The first-order valence-electron chi connectivity index (χ1n) is 12.7. The molecule has 0 bridgehead atoms. The summed E-state index contributed by atoms with van der Waals surface area (Å²) < 4.78 is 69.0. The molecule has 0 aliphatic heterocycles. The van der Waals surface area contributed by atoms with Gasteiger partial charge in [-0.25, -0.2) is 8.42 Å². The number of benzene rings is 3. The smallest absolute Gasteiger partial charge is 0.352 e. The molecule has 0 aromatic heterocycles. The number of nitrogens with zero attached hydrogens (tertiary/aromatic N) is 2. The van der Waals surface area contributed by atoms with Crippen LogP contribution in [0.25, 0.3) is 0 Å². The lowest BCUT2D eigenvalue weighted by molar-refractivity contribution is -0.139. The zero-order valence-electron chi connectivity index (χ0n) is 22.9. The third kappa shape index (κ3) is 8.01. The minimum Gasteiger partial charge on any atom is -0.352 e. The number of halogens is 4. The van der Waals surface area contributed by atoms with Crippen LogP contribution in [-0.4, -0.2) is 43.8 Å². The Morgan fingerprint density at radius 2 is 1.61 bits per heavy atom. The average molecular weight is 610 g/mol. The zero-order chi connectivity index (χ0) is 30.5. The van der Waals surface area contributed by atoms with Gasteiger partial charge in [0.05, 0.1) is 21.2 Å². The fraction of sp³-hybridized carbons (Fsp3) is 0.310. The molecule has 1 N–H and O–H groups in total. The number of anilines is 1. The van der Waals surface area contributed by atoms with Crippen molar-refractivity contribution in [2.24, 2.45) is 0 Å². The topological polar surface area (TPSA) is 86.8 Å². The van der Waals surface area contributed by atoms with E-state index in [-0.39, 0.29) is 22.5 Å². The van der Waals surface area contributed by atoms with Gasteiger partial charge in [0.25, 0.3) is 10.0 Å². The van der Waals surface area contributed by atoms with Crippen molar-refractivity contribution in [3.8, 4) is 0 Å². The van der Waals surface area contributed by atoms with Crippen molar-refractivity contribution >= 4 is 39.1 Å². The van der Waals surface area contributed by atoms with Gasteiger partial charge >= 0.3 is 6.18 Å². The number of aryl methyl sites for hydroxylation is 1. The van der Waals surface area contributed by atoms with Gasteiger partial charge in [-0.2, -0.15) is 13.2 Å². The van der Waals surface area contributed by atoms with Crippen molar-refractivity contribution in [3.63, 3.8) is 0 Å². The maximum absolute atomic E-state index is 13.9. The van der Waals surface area contributed by atoms with Crippen LogP contribution in [0.1, 0.15) is 37.5 Å². The monoisotopic (exact) mass is 609 g/mol. The second-order valence-corrected chi connectivity index (χ2v) is 12.1. The largest absolute Gasteiger partial charge is 0.416 e. The van der Waals surface area contributed by atoms with E-state index in [1.54, 1.807) is 32.0 Å². The molecule has 12 heteroatoms. The van der Waals surface area contributed by atoms with Gasteiger partial charge in [-0.15, -0.1) is 0 Å². The van der Waals surface area contributed by atoms with E-state index in [2.05, 4.69) is 5.32 Å². The number of rotatable bonds is 10. The zero-order valence-corrected chi connectivity index (χ0v) is 24.5. The van der Waals surface area contributed by atoms with Gasteiger partial charge in [0.15, 0.2) is 0 Å². The number of nitrogens with one attached hydrogen (secondary N) is 1. The molecule has 0 fully saturated rings. The number of hydrogen-bond acceptors (Lipinski definition) is 4. The lowest BCUT2D eigenvalue weighted by Crippen LogP contribution is -2.52. The summed E-state index contributed by atoms with van der Waals surface area (Å²) in [5, 5.41) is 2.43. The molecule has 0 saturated carbocycles. The molecule has 3 aromatic rings. The highest BCUT2D eigenvalue weighted by Crippen LogP contribution is 2.37. The highest BCUT2D eigenvalue weighted by atomic mass is 35.5. The number of amides is 2. The van der Waals surface area contributed by atoms with Crippen molar-refractivity contribution in [2.75, 3.05) is 10.8 Å². The predicted octanol–water partition coefficient (Wildman–Crippen LogP) is 5.80. The van der Waals surface area contributed by atoms with Crippen LogP contribution >= 0.6 is 11.6 Å². The van der Waals surface area contributed by atoms with E-state index in [1.165, 1.54) is 36.1 Å². The van der Waals surface area contributed by atoms with Gasteiger partial charge in [-0.05, 0) is 63.6 Å². The number of carbonyl (C=O) groups is 2. The van der Waals surface area contributed by atoms with E-state index in [1.807, 2.05) is 19.1 Å². The Balaban J connectivity index is 2.13. The standard InChI is InChI=1S/C29H31ClF3N3O4S/c1-19(2)34-28(38)21(4)35(17-22-10-8-9-20(3)15-22)27(37)18-36(41(39,40)24-11-6-5-7-12-24)26-16-23(29(31,32)33)13-14-25(26)30/h5-16,19,21H,17-18H2,1-4H3,(H,34,38)/t21-/m1/s1. The molecule has 0 unspecified atom stereocenters. The Labute approximate surface area is 243 Å². The van der Waals surface area contributed by atoms with Gasteiger partial charge < -0.3 is 10.2 Å². The van der Waals surface area contributed by atoms with E-state index in [0.29, 0.717) is 15.9 Å². The lowest BCUT2D eigenvalue weighted by Gasteiger charge is -2.32. The maximum Gasteiger partial charge on any atom is 0.416 e. The van der Waals surface area contributed by atoms with Gasteiger partial charge in [0, 0.05) is 12.6 Å². The summed E-state index contributed by atoms with van der Waals surface area (Å²) in [6.07, 6.45) is -4.80. The first-order chi connectivity index (χ1) is 19.1. The fourth-order valence-corrected chi connectivity index (χ4v) is 5.82. The number of alkyl halides is 3. The number of hydrogen-bond donors (Lipinski definition) is 1. The summed E-state index contributed by atoms with van der Waals surface area (Å²) in [6.45, 7) is 5.89. The van der Waals surface area contributed by atoms with E-state index < -0.39 is 51.9 Å². The maximum atomic E-state index is 13.9.